The highest BCUT2D eigenvalue weighted by atomic mass is 35.5. The molecule has 1 atom stereocenters. The molecule has 2 aliphatic heterocycles. The maximum atomic E-state index is 5.99. The maximum absolute atomic E-state index is 5.99. The predicted octanol–water partition coefficient (Wildman–Crippen LogP) is 3.32. The van der Waals surface area contributed by atoms with Gasteiger partial charge in [0.1, 0.15) is 19.3 Å². The first-order chi connectivity index (χ1) is 12.8. The van der Waals surface area contributed by atoms with Gasteiger partial charge in [0.25, 0.3) is 0 Å². The summed E-state index contributed by atoms with van der Waals surface area (Å²) in [4.78, 5) is 0. The topological polar surface area (TPSA) is 61.0 Å². The van der Waals surface area contributed by atoms with Crippen LogP contribution in [0.25, 0.3) is 0 Å². The molecule has 0 aromatic heterocycles. The van der Waals surface area contributed by atoms with Crippen LogP contribution in [-0.2, 0) is 6.42 Å². The first kappa shape index (κ1) is 22.3. The molecule has 2 aromatic carbocycles. The first-order valence-electron chi connectivity index (χ1n) is 9.01. The van der Waals surface area contributed by atoms with E-state index >= 15 is 0 Å². The van der Waals surface area contributed by atoms with Crippen LogP contribution in [0.4, 0.5) is 5.69 Å². The van der Waals surface area contributed by atoms with Gasteiger partial charge < -0.3 is 29.6 Å². The Labute approximate surface area is 177 Å². The van der Waals surface area contributed by atoms with Gasteiger partial charge in [-0.3, -0.25) is 0 Å². The van der Waals surface area contributed by atoms with Crippen LogP contribution in [0.5, 0.6) is 23.0 Å². The van der Waals surface area contributed by atoms with Crippen molar-refractivity contribution < 1.29 is 18.9 Å². The Bertz CT molecular complexity index is 776. The van der Waals surface area contributed by atoms with Crippen LogP contribution in [0.15, 0.2) is 36.4 Å². The average Bonchev–Trinajstić information content (AvgIpc) is 3.16. The van der Waals surface area contributed by atoms with Crippen LogP contribution in [-0.4, -0.2) is 46.1 Å². The predicted molar refractivity (Wildman–Crippen MR) is 114 cm³/mol. The number of ether oxygens (including phenoxy) is 4. The van der Waals surface area contributed by atoms with Crippen molar-refractivity contribution in [2.45, 2.75) is 12.5 Å². The summed E-state index contributed by atoms with van der Waals surface area (Å²) >= 11 is 0. The molecule has 2 heterocycles. The summed E-state index contributed by atoms with van der Waals surface area (Å²) < 4.78 is 23.1. The van der Waals surface area contributed by atoms with E-state index in [1.54, 1.807) is 7.11 Å². The molecule has 0 unspecified atom stereocenters. The molecule has 0 spiro atoms. The third-order valence-electron chi connectivity index (χ3n) is 4.59. The van der Waals surface area contributed by atoms with Crippen molar-refractivity contribution in [1.82, 2.24) is 5.32 Å². The highest BCUT2D eigenvalue weighted by Gasteiger charge is 2.21. The molecular weight excluding hydrogens is 403 g/mol. The van der Waals surface area contributed by atoms with E-state index in [-0.39, 0.29) is 30.9 Å². The summed E-state index contributed by atoms with van der Waals surface area (Å²) in [6.07, 6.45) is 1.02. The number of anilines is 1. The van der Waals surface area contributed by atoms with Crippen LogP contribution in [0, 0.1) is 0 Å². The van der Waals surface area contributed by atoms with Crippen molar-refractivity contribution in [3.8, 4) is 23.0 Å². The average molecular weight is 429 g/mol. The van der Waals surface area contributed by atoms with Gasteiger partial charge in [-0.2, -0.15) is 0 Å². The number of halogens is 2. The second kappa shape index (κ2) is 10.5. The molecule has 0 saturated heterocycles. The number of hydrogen-bond donors (Lipinski definition) is 2. The number of hydrogen-bond acceptors (Lipinski definition) is 6. The molecule has 0 amide bonds. The van der Waals surface area contributed by atoms with Gasteiger partial charge in [-0.1, -0.05) is 18.2 Å². The fraction of sp³-hybridized carbons (Fsp3) is 0.400. The molecule has 0 saturated carbocycles. The molecule has 0 aliphatic carbocycles. The Balaban J connectivity index is 0.00000140. The van der Waals surface area contributed by atoms with Crippen LogP contribution in [0.1, 0.15) is 5.56 Å². The van der Waals surface area contributed by atoms with E-state index in [0.717, 1.165) is 41.7 Å². The quantitative estimate of drug-likeness (QED) is 0.659. The van der Waals surface area contributed by atoms with Crippen LogP contribution in [0.2, 0.25) is 0 Å². The lowest BCUT2D eigenvalue weighted by molar-refractivity contribution is 0.0897. The van der Waals surface area contributed by atoms with E-state index in [1.807, 2.05) is 30.3 Å². The fourth-order valence-electron chi connectivity index (χ4n) is 3.28. The zero-order chi connectivity index (χ0) is 17.8. The van der Waals surface area contributed by atoms with Gasteiger partial charge in [-0.15, -0.1) is 24.8 Å². The lowest BCUT2D eigenvalue weighted by Crippen LogP contribution is -2.39. The fourth-order valence-corrected chi connectivity index (χ4v) is 3.28. The molecule has 0 bridgehead atoms. The van der Waals surface area contributed by atoms with Crippen molar-refractivity contribution in [3.05, 3.63) is 42.0 Å². The molecule has 2 N–H and O–H groups in total. The third kappa shape index (κ3) is 4.87. The molecule has 8 heteroatoms. The minimum atomic E-state index is 0. The summed E-state index contributed by atoms with van der Waals surface area (Å²) in [6.45, 7) is 3.47. The van der Waals surface area contributed by atoms with Gasteiger partial charge in [0.15, 0.2) is 23.0 Å². The molecule has 4 rings (SSSR count). The van der Waals surface area contributed by atoms with E-state index in [2.05, 4.69) is 16.7 Å². The number of fused-ring (bicyclic) bond motifs is 2. The van der Waals surface area contributed by atoms with E-state index in [4.69, 9.17) is 18.9 Å². The van der Waals surface area contributed by atoms with Gasteiger partial charge in [0.05, 0.1) is 12.8 Å². The summed E-state index contributed by atoms with van der Waals surface area (Å²) in [6, 6.07) is 11.8. The largest absolute Gasteiger partial charge is 0.493 e. The molecule has 2 aliphatic rings. The van der Waals surface area contributed by atoms with Crippen LogP contribution < -0.4 is 29.6 Å². The number of nitrogens with one attached hydrogen (secondary N) is 2. The lowest BCUT2D eigenvalue weighted by atomic mass is 10.1. The second-order valence-corrected chi connectivity index (χ2v) is 6.36. The molecule has 2 aromatic rings. The Kier molecular flexibility index (Phi) is 8.35. The molecular formula is C20H26Cl2N2O4. The van der Waals surface area contributed by atoms with Gasteiger partial charge in [0, 0.05) is 19.6 Å². The highest BCUT2D eigenvalue weighted by Crippen LogP contribution is 2.40. The smallest absolute Gasteiger partial charge is 0.184 e. The van der Waals surface area contributed by atoms with Crippen molar-refractivity contribution in [1.29, 1.82) is 0 Å². The molecule has 6 nitrogen and oxygen atoms in total. The highest BCUT2D eigenvalue weighted by molar-refractivity contribution is 5.85. The number of benzene rings is 2. The summed E-state index contributed by atoms with van der Waals surface area (Å²) in [5, 5.41) is 6.75. The Morgan fingerprint density at radius 2 is 1.96 bits per heavy atom. The van der Waals surface area contributed by atoms with Crippen molar-refractivity contribution >= 4 is 30.5 Å². The Morgan fingerprint density at radius 1 is 1.14 bits per heavy atom. The minimum Gasteiger partial charge on any atom is -0.493 e. The molecule has 154 valence electrons. The van der Waals surface area contributed by atoms with E-state index in [0.29, 0.717) is 26.3 Å². The monoisotopic (exact) mass is 428 g/mol. The van der Waals surface area contributed by atoms with Gasteiger partial charge >= 0.3 is 0 Å². The molecule has 0 radical (unpaired) electrons. The van der Waals surface area contributed by atoms with E-state index in [1.165, 1.54) is 5.56 Å². The van der Waals surface area contributed by atoms with Gasteiger partial charge in [-0.25, -0.2) is 0 Å². The summed E-state index contributed by atoms with van der Waals surface area (Å²) in [5.74, 6) is 3.18. The molecule has 0 fully saturated rings. The van der Waals surface area contributed by atoms with E-state index < -0.39 is 0 Å². The number of rotatable bonds is 7. The van der Waals surface area contributed by atoms with Gasteiger partial charge in [-0.05, 0) is 30.2 Å². The second-order valence-electron chi connectivity index (χ2n) is 6.36. The van der Waals surface area contributed by atoms with E-state index in [9.17, 15) is 0 Å². The normalized spacial score (nSPS) is 16.1. The first-order valence-corrected chi connectivity index (χ1v) is 9.01. The third-order valence-corrected chi connectivity index (χ3v) is 4.59. The van der Waals surface area contributed by atoms with Crippen LogP contribution >= 0.6 is 24.8 Å². The number of methoxy groups -OCH3 is 1. The van der Waals surface area contributed by atoms with Gasteiger partial charge in [0.2, 0.25) is 0 Å². The standard InChI is InChI=1S/C20H24N2O4.2ClH/c1-23-18-7-6-14-8-9-22-19(14)20(18)24-11-10-21-12-15-13-25-16-4-2-3-5-17(16)26-15;;/h2-7,15,21-22H,8-13H2,1H3;2*1H/t15-;;/m0../s1. The summed E-state index contributed by atoms with van der Waals surface area (Å²) in [7, 11) is 1.67. The minimum absolute atomic E-state index is 0. The Hall–Kier alpha value is -2.02. The lowest BCUT2D eigenvalue weighted by Gasteiger charge is -2.26. The summed E-state index contributed by atoms with van der Waals surface area (Å²) in [5.41, 5.74) is 2.34. The Morgan fingerprint density at radius 3 is 2.79 bits per heavy atom. The van der Waals surface area contributed by atoms with Crippen molar-refractivity contribution in [2.75, 3.05) is 45.3 Å². The maximum Gasteiger partial charge on any atom is 0.184 e. The SMILES string of the molecule is COc1ccc2c(c1OCCNC[C@H]1COc3ccccc3O1)NCC2.Cl.Cl. The van der Waals surface area contributed by atoms with Crippen molar-refractivity contribution in [3.63, 3.8) is 0 Å². The van der Waals surface area contributed by atoms with Crippen molar-refractivity contribution in [2.24, 2.45) is 0 Å². The molecule has 28 heavy (non-hydrogen) atoms. The zero-order valence-corrected chi connectivity index (χ0v) is 17.4. The number of para-hydroxylation sites is 2. The van der Waals surface area contributed by atoms with Crippen LogP contribution in [0.3, 0.4) is 0 Å². The zero-order valence-electron chi connectivity index (χ0n) is 15.7.